The van der Waals surface area contributed by atoms with Crippen molar-refractivity contribution in [3.05, 3.63) is 102 Å². The minimum Gasteiger partial charge on any atom is -0.508 e. The number of nitrogens with one attached hydrogen (secondary N) is 8. The molecule has 0 fully saturated rings. The molecule has 0 saturated carbocycles. The van der Waals surface area contributed by atoms with Crippen molar-refractivity contribution in [1.29, 1.82) is 0 Å². The van der Waals surface area contributed by atoms with Crippen LogP contribution in [0.1, 0.15) is 57.2 Å². The van der Waals surface area contributed by atoms with E-state index in [1.54, 1.807) is 48.7 Å². The smallest absolute Gasteiger partial charge is 0.245 e. The molecule has 24 heteroatoms. The lowest BCUT2D eigenvalue weighted by Crippen LogP contribution is -2.64. The van der Waals surface area contributed by atoms with Gasteiger partial charge < -0.3 is 74.7 Å². The highest BCUT2D eigenvalue weighted by Gasteiger charge is 2.40. The Bertz CT molecular complexity index is 2560. The molecule has 3 aromatic carbocycles. The fourth-order valence-electron chi connectivity index (χ4n) is 7.77. The molecular formula is C50H69N11O11S2. The molecule has 0 radical (unpaired) electrons. The van der Waals surface area contributed by atoms with Crippen molar-refractivity contribution in [3.63, 3.8) is 0 Å². The SMILES string of the molecule is C[C@@H](O)[C@H](NC(=O)[C@@H](NC(=O)[C@@H](NC(=O)[C@H](CCCN)NC(=O)[C@H](Cc1c[nH]c2ccccc12)NC(=O)[C@H](Cc1ccc(O)cc1)NC(=O)[C@H](CS)NC(=O)[C@@H](N)Cc1ccccc1)[C@@H](C)O)C(C)(C)S)C(N)=O. The standard InChI is InChI=1S/C50H69N11O11S2/c1-26(62)39(42(53)65)59-49(72)41(50(3,4)74)61-48(71)40(27(2)63)60-44(67)35(15-10-20-51)55-46(69)37(23-30-24-54-34-14-9-8-13-32(30)34)57-45(68)36(22-29-16-18-31(64)19-17-29)56-47(70)38(25-73)58-43(66)33(52)21-28-11-6-5-7-12-28/h5-9,11-14,16-19,24,26-27,33,35-41,54,62-64,73-74H,10,15,20-23,25,51-52H2,1-4H3,(H2,53,65)(H,55,69)(H,56,70)(H,57,68)(H,58,66)(H,59,72)(H,60,67)(H,61,71)/t26-,27-,33+,35+,36+,37+,38+,39+,40+,41-/m1/s1. The third-order valence-corrected chi connectivity index (χ3v) is 12.5. The van der Waals surface area contributed by atoms with Crippen LogP contribution < -0.4 is 54.4 Å². The Morgan fingerprint density at radius 2 is 1.14 bits per heavy atom. The molecule has 402 valence electrons. The van der Waals surface area contributed by atoms with Gasteiger partial charge in [0.05, 0.1) is 18.2 Å². The van der Waals surface area contributed by atoms with Crippen LogP contribution >= 0.6 is 25.3 Å². The summed E-state index contributed by atoms with van der Waals surface area (Å²) in [5, 5.41) is 49.4. The monoisotopic (exact) mass is 1060 g/mol. The predicted molar refractivity (Wildman–Crippen MR) is 283 cm³/mol. The fraction of sp³-hybridized carbons (Fsp3) is 0.440. The number of aromatic nitrogens is 1. The third kappa shape index (κ3) is 17.8. The van der Waals surface area contributed by atoms with Crippen molar-refractivity contribution >= 4 is 83.4 Å². The van der Waals surface area contributed by atoms with Crippen LogP contribution in [0.3, 0.4) is 0 Å². The van der Waals surface area contributed by atoms with Gasteiger partial charge in [-0.1, -0.05) is 60.7 Å². The lowest BCUT2D eigenvalue weighted by Gasteiger charge is -2.33. The summed E-state index contributed by atoms with van der Waals surface area (Å²) in [5.74, 6) is -7.47. The van der Waals surface area contributed by atoms with Crippen molar-refractivity contribution in [1.82, 2.24) is 42.2 Å². The summed E-state index contributed by atoms with van der Waals surface area (Å²) in [6.45, 7) is 5.42. The zero-order chi connectivity index (χ0) is 54.9. The molecule has 22 nitrogen and oxygen atoms in total. The number of hydrogen-bond acceptors (Lipinski definition) is 15. The number of aliphatic hydroxyl groups excluding tert-OH is 2. The number of amides is 8. The zero-order valence-electron chi connectivity index (χ0n) is 41.5. The maximum atomic E-state index is 14.6. The molecule has 4 aromatic rings. The van der Waals surface area contributed by atoms with E-state index in [2.05, 4.69) is 67.5 Å². The lowest BCUT2D eigenvalue weighted by molar-refractivity contribution is -0.137. The van der Waals surface area contributed by atoms with E-state index in [0.717, 1.165) is 5.56 Å². The average molecular weight is 1060 g/mol. The number of hydrogen-bond donors (Lipinski definition) is 16. The second-order valence-electron chi connectivity index (χ2n) is 18.5. The first-order chi connectivity index (χ1) is 34.9. The number of phenols is 1. The van der Waals surface area contributed by atoms with Gasteiger partial charge in [-0.2, -0.15) is 25.3 Å². The number of carbonyl (C=O) groups excluding carboxylic acids is 8. The molecule has 4 rings (SSSR count). The van der Waals surface area contributed by atoms with Crippen molar-refractivity contribution < 1.29 is 53.7 Å². The van der Waals surface area contributed by atoms with Gasteiger partial charge in [0.1, 0.15) is 48.0 Å². The Hall–Kier alpha value is -6.70. The molecular weight excluding hydrogens is 995 g/mol. The number of para-hydroxylation sites is 1. The molecule has 0 bridgehead atoms. The van der Waals surface area contributed by atoms with Gasteiger partial charge in [-0.15, -0.1) is 0 Å². The summed E-state index contributed by atoms with van der Waals surface area (Å²) in [5.41, 5.74) is 20.0. The second kappa shape index (κ2) is 28.1. The second-order valence-corrected chi connectivity index (χ2v) is 20.1. The van der Waals surface area contributed by atoms with Gasteiger partial charge in [-0.25, -0.2) is 0 Å². The molecule has 17 N–H and O–H groups in total. The number of fused-ring (bicyclic) bond motifs is 1. The van der Waals surface area contributed by atoms with Crippen LogP contribution in [0.4, 0.5) is 0 Å². The Balaban J connectivity index is 1.63. The number of H-pyrrole nitrogens is 1. The van der Waals surface area contributed by atoms with Gasteiger partial charge in [-0.3, -0.25) is 38.4 Å². The number of nitrogens with two attached hydrogens (primary N) is 3. The number of benzene rings is 3. The number of aromatic amines is 1. The molecule has 1 heterocycles. The van der Waals surface area contributed by atoms with Gasteiger partial charge >= 0.3 is 0 Å². The highest BCUT2D eigenvalue weighted by molar-refractivity contribution is 7.81. The van der Waals surface area contributed by atoms with E-state index in [4.69, 9.17) is 17.2 Å². The summed E-state index contributed by atoms with van der Waals surface area (Å²) in [4.78, 5) is 113. The number of phenolic OH excluding ortho intramolecular Hbond substituents is 1. The number of primary amides is 1. The van der Waals surface area contributed by atoms with Gasteiger partial charge in [0.2, 0.25) is 47.3 Å². The molecule has 0 aliphatic carbocycles. The maximum Gasteiger partial charge on any atom is 0.245 e. The third-order valence-electron chi connectivity index (χ3n) is 11.9. The topological polar surface area (TPSA) is 375 Å². The van der Waals surface area contributed by atoms with Crippen molar-refractivity contribution in [2.45, 2.75) is 125 Å². The van der Waals surface area contributed by atoms with Crippen molar-refractivity contribution in [3.8, 4) is 5.75 Å². The van der Waals surface area contributed by atoms with Crippen molar-refractivity contribution in [2.24, 2.45) is 17.2 Å². The molecule has 0 aliphatic heterocycles. The van der Waals surface area contributed by atoms with Crippen LogP contribution in [-0.2, 0) is 57.6 Å². The van der Waals surface area contributed by atoms with Gasteiger partial charge in [0, 0.05) is 40.4 Å². The van der Waals surface area contributed by atoms with Gasteiger partial charge in [0.15, 0.2) is 0 Å². The number of aliphatic hydroxyl groups is 2. The van der Waals surface area contributed by atoms with E-state index in [0.29, 0.717) is 22.0 Å². The number of thiol groups is 2. The number of carbonyl (C=O) groups is 8. The highest BCUT2D eigenvalue weighted by atomic mass is 32.1. The molecule has 8 amide bonds. The molecule has 0 unspecified atom stereocenters. The van der Waals surface area contributed by atoms with Crippen LogP contribution in [0.15, 0.2) is 85.1 Å². The molecule has 10 atom stereocenters. The summed E-state index contributed by atoms with van der Waals surface area (Å²) in [6, 6.07) is 10.6. The van der Waals surface area contributed by atoms with Gasteiger partial charge in [0.25, 0.3) is 0 Å². The van der Waals surface area contributed by atoms with Gasteiger partial charge in [-0.05, 0) is 88.4 Å². The zero-order valence-corrected chi connectivity index (χ0v) is 43.3. The van der Waals surface area contributed by atoms with Crippen LogP contribution in [-0.4, -0.2) is 145 Å². The van der Waals surface area contributed by atoms with E-state index in [1.165, 1.54) is 52.0 Å². The largest absolute Gasteiger partial charge is 0.508 e. The molecule has 0 saturated heterocycles. The normalized spacial score (nSPS) is 15.5. The van der Waals surface area contributed by atoms with E-state index in [9.17, 15) is 53.7 Å². The summed E-state index contributed by atoms with van der Waals surface area (Å²) < 4.78 is -1.33. The van der Waals surface area contributed by atoms with Crippen LogP contribution in [0.5, 0.6) is 5.75 Å². The first-order valence-corrected chi connectivity index (χ1v) is 25.0. The van der Waals surface area contributed by atoms with E-state index >= 15 is 0 Å². The van der Waals surface area contributed by atoms with Crippen molar-refractivity contribution in [2.75, 3.05) is 12.3 Å². The quantitative estimate of drug-likeness (QED) is 0.0281. The van der Waals surface area contributed by atoms with Crippen LogP contribution in [0.25, 0.3) is 10.9 Å². The lowest BCUT2D eigenvalue weighted by atomic mass is 9.99. The minimum absolute atomic E-state index is 0.0607. The Morgan fingerprint density at radius 3 is 1.70 bits per heavy atom. The maximum absolute atomic E-state index is 14.6. The van der Waals surface area contributed by atoms with E-state index in [-0.39, 0.29) is 50.2 Å². The number of aromatic hydroxyl groups is 1. The Kier molecular flexibility index (Phi) is 22.7. The van der Waals surface area contributed by atoms with E-state index < -0.39 is 113 Å². The Labute approximate surface area is 439 Å². The first kappa shape index (κ1) is 59.9. The summed E-state index contributed by atoms with van der Waals surface area (Å²) in [6.07, 6.45) is -1.42. The molecule has 74 heavy (non-hydrogen) atoms. The van der Waals surface area contributed by atoms with E-state index in [1.807, 2.05) is 12.1 Å². The molecule has 1 aromatic heterocycles. The molecule has 0 aliphatic rings. The van der Waals surface area contributed by atoms with Crippen LogP contribution in [0, 0.1) is 0 Å². The molecule has 0 spiro atoms. The summed E-state index contributed by atoms with van der Waals surface area (Å²) in [7, 11) is 0. The fourth-order valence-corrected chi connectivity index (χ4v) is 8.21. The highest BCUT2D eigenvalue weighted by Crippen LogP contribution is 2.21. The van der Waals surface area contributed by atoms with Crippen LogP contribution in [0.2, 0.25) is 0 Å². The minimum atomic E-state index is -1.74. The first-order valence-electron chi connectivity index (χ1n) is 23.9. The summed E-state index contributed by atoms with van der Waals surface area (Å²) >= 11 is 8.73. The number of rotatable bonds is 28. The predicted octanol–water partition coefficient (Wildman–Crippen LogP) is -1.75. The Morgan fingerprint density at radius 1 is 0.622 bits per heavy atom. The average Bonchev–Trinajstić information content (AvgIpc) is 3.76.